The van der Waals surface area contributed by atoms with Gasteiger partial charge in [-0.15, -0.1) is 0 Å². The van der Waals surface area contributed by atoms with Gasteiger partial charge in [0.1, 0.15) is 5.75 Å². The largest absolute Gasteiger partial charge is 0.482 e. The van der Waals surface area contributed by atoms with E-state index in [1.54, 1.807) is 19.2 Å². The minimum Gasteiger partial charge on any atom is -0.482 e. The Morgan fingerprint density at radius 2 is 2.32 bits per heavy atom. The van der Waals surface area contributed by atoms with Gasteiger partial charge in [-0.2, -0.15) is 0 Å². The van der Waals surface area contributed by atoms with Gasteiger partial charge in [-0.25, -0.2) is 0 Å². The summed E-state index contributed by atoms with van der Waals surface area (Å²) in [4.78, 5) is 22.7. The smallest absolute Gasteiger partial charge is 0.266 e. The molecule has 0 aliphatic carbocycles. The summed E-state index contributed by atoms with van der Waals surface area (Å²) in [6, 6.07) is 5.37. The number of carbonyl (C=O) groups excluding carboxylic acids is 2. The fourth-order valence-electron chi connectivity index (χ4n) is 1.64. The van der Waals surface area contributed by atoms with Gasteiger partial charge in [-0.05, 0) is 17.7 Å². The molecule has 3 N–H and O–H groups in total. The van der Waals surface area contributed by atoms with Gasteiger partial charge in [-0.1, -0.05) is 12.6 Å². The van der Waals surface area contributed by atoms with Crippen molar-refractivity contribution < 1.29 is 14.3 Å². The van der Waals surface area contributed by atoms with Crippen molar-refractivity contribution in [1.29, 1.82) is 0 Å². The number of hydrogen-bond donors (Lipinski definition) is 3. The molecule has 1 aromatic carbocycles. The van der Waals surface area contributed by atoms with Crippen molar-refractivity contribution in [3.05, 3.63) is 36.0 Å². The van der Waals surface area contributed by atoms with Gasteiger partial charge in [0.2, 0.25) is 0 Å². The summed E-state index contributed by atoms with van der Waals surface area (Å²) in [5.74, 6) is 0.187. The van der Waals surface area contributed by atoms with Gasteiger partial charge in [-0.3, -0.25) is 9.59 Å². The van der Waals surface area contributed by atoms with Crippen molar-refractivity contribution in [2.45, 2.75) is 6.54 Å². The molecule has 100 valence electrons. The van der Waals surface area contributed by atoms with Crippen LogP contribution in [0.3, 0.4) is 0 Å². The first kappa shape index (κ1) is 12.9. The highest BCUT2D eigenvalue weighted by Crippen LogP contribution is 2.28. The zero-order valence-electron chi connectivity index (χ0n) is 10.6. The summed E-state index contributed by atoms with van der Waals surface area (Å²) in [6.45, 7) is 3.95. The highest BCUT2D eigenvalue weighted by atomic mass is 16.5. The molecule has 1 aliphatic heterocycles. The van der Waals surface area contributed by atoms with Gasteiger partial charge in [0, 0.05) is 13.6 Å². The predicted molar refractivity (Wildman–Crippen MR) is 70.6 cm³/mol. The molecule has 1 heterocycles. The third-order valence-electron chi connectivity index (χ3n) is 2.71. The van der Waals surface area contributed by atoms with Gasteiger partial charge in [0.25, 0.3) is 11.8 Å². The Bertz CT molecular complexity index is 540. The van der Waals surface area contributed by atoms with Gasteiger partial charge in [0.15, 0.2) is 6.61 Å². The molecule has 0 atom stereocenters. The molecule has 0 fully saturated rings. The first-order valence-corrected chi connectivity index (χ1v) is 5.80. The number of hydrogen-bond acceptors (Lipinski definition) is 4. The molecule has 0 aromatic heterocycles. The number of fused-ring (bicyclic) bond motifs is 1. The molecule has 0 unspecified atom stereocenters. The second-order valence-electron chi connectivity index (χ2n) is 4.08. The quantitative estimate of drug-likeness (QED) is 0.684. The Hall–Kier alpha value is -2.50. The van der Waals surface area contributed by atoms with Crippen LogP contribution in [0.2, 0.25) is 0 Å². The summed E-state index contributed by atoms with van der Waals surface area (Å²) < 4.78 is 5.25. The average molecular weight is 261 g/mol. The Balaban J connectivity index is 2.02. The number of nitrogens with one attached hydrogen (secondary N) is 3. The average Bonchev–Trinajstić information content (AvgIpc) is 2.43. The minimum atomic E-state index is -0.263. The highest BCUT2D eigenvalue weighted by Gasteiger charge is 2.16. The van der Waals surface area contributed by atoms with Crippen molar-refractivity contribution in [2.75, 3.05) is 19.0 Å². The second-order valence-corrected chi connectivity index (χ2v) is 4.08. The first-order chi connectivity index (χ1) is 9.10. The van der Waals surface area contributed by atoms with Crippen LogP contribution < -0.4 is 20.7 Å². The van der Waals surface area contributed by atoms with Crippen molar-refractivity contribution in [3.63, 3.8) is 0 Å². The molecule has 0 saturated heterocycles. The van der Waals surface area contributed by atoms with Crippen LogP contribution in [0.5, 0.6) is 5.75 Å². The van der Waals surface area contributed by atoms with Gasteiger partial charge in [0.05, 0.1) is 11.4 Å². The molecule has 2 rings (SSSR count). The van der Waals surface area contributed by atoms with Crippen LogP contribution in [0.4, 0.5) is 5.69 Å². The summed E-state index contributed by atoms with van der Waals surface area (Å²) >= 11 is 0. The van der Waals surface area contributed by atoms with Crippen molar-refractivity contribution >= 4 is 17.5 Å². The summed E-state index contributed by atoms with van der Waals surface area (Å²) in [5.41, 5.74) is 1.78. The van der Waals surface area contributed by atoms with E-state index in [1.165, 1.54) is 0 Å². The molecular formula is C13H15N3O3. The number of ether oxygens (including phenoxy) is 1. The molecule has 6 heteroatoms. The first-order valence-electron chi connectivity index (χ1n) is 5.80. The Morgan fingerprint density at radius 3 is 3.05 bits per heavy atom. The van der Waals surface area contributed by atoms with E-state index in [4.69, 9.17) is 4.74 Å². The molecule has 0 radical (unpaired) electrons. The maximum atomic E-state index is 11.5. The standard InChI is InChI=1S/C13H15N3O3/c1-8(14-2)13(18)15-6-9-3-4-11-10(5-9)16-12(17)7-19-11/h3-5,14H,1,6-7H2,2H3,(H,15,18)(H,16,17). The van der Waals surface area contributed by atoms with Crippen LogP contribution >= 0.6 is 0 Å². The summed E-state index contributed by atoms with van der Waals surface area (Å²) in [7, 11) is 1.63. The monoisotopic (exact) mass is 261 g/mol. The van der Waals surface area contributed by atoms with Crippen molar-refractivity contribution in [2.24, 2.45) is 0 Å². The van der Waals surface area contributed by atoms with E-state index >= 15 is 0 Å². The lowest BCUT2D eigenvalue weighted by molar-refractivity contribution is -0.119. The normalized spacial score (nSPS) is 12.8. The molecule has 2 amide bonds. The topological polar surface area (TPSA) is 79.5 Å². The lowest BCUT2D eigenvalue weighted by atomic mass is 10.1. The van der Waals surface area contributed by atoms with Gasteiger partial charge < -0.3 is 20.7 Å². The lowest BCUT2D eigenvalue weighted by Gasteiger charge is -2.18. The van der Waals surface area contributed by atoms with E-state index in [0.29, 0.717) is 23.7 Å². The zero-order valence-corrected chi connectivity index (χ0v) is 10.6. The third-order valence-corrected chi connectivity index (χ3v) is 2.71. The number of likely N-dealkylation sites (N-methyl/N-ethyl adjacent to an activating group) is 1. The summed E-state index contributed by atoms with van der Waals surface area (Å²) in [5, 5.41) is 8.10. The van der Waals surface area contributed by atoms with Crippen LogP contribution in [0.15, 0.2) is 30.5 Å². The second kappa shape index (κ2) is 5.43. The molecule has 0 saturated carbocycles. The fourth-order valence-corrected chi connectivity index (χ4v) is 1.64. The number of anilines is 1. The van der Waals surface area contributed by atoms with E-state index < -0.39 is 0 Å². The van der Waals surface area contributed by atoms with Crippen LogP contribution in [0, 0.1) is 0 Å². The predicted octanol–water partition coefficient (Wildman–Crippen LogP) is 0.367. The number of amides is 2. The Labute approximate surface area is 110 Å². The molecule has 19 heavy (non-hydrogen) atoms. The van der Waals surface area contributed by atoms with Crippen molar-refractivity contribution in [3.8, 4) is 5.75 Å². The van der Waals surface area contributed by atoms with E-state index in [9.17, 15) is 9.59 Å². The minimum absolute atomic E-state index is 0.0328. The van der Waals surface area contributed by atoms with Crippen LogP contribution in [-0.2, 0) is 16.1 Å². The molecule has 1 aliphatic rings. The zero-order chi connectivity index (χ0) is 13.8. The van der Waals surface area contributed by atoms with E-state index in [2.05, 4.69) is 22.5 Å². The molecule has 1 aromatic rings. The van der Waals surface area contributed by atoms with E-state index in [-0.39, 0.29) is 18.4 Å². The Morgan fingerprint density at radius 1 is 1.53 bits per heavy atom. The maximum absolute atomic E-state index is 11.5. The molecular weight excluding hydrogens is 246 g/mol. The number of carbonyl (C=O) groups is 2. The molecule has 0 spiro atoms. The highest BCUT2D eigenvalue weighted by molar-refractivity contribution is 5.95. The fraction of sp³-hybridized carbons (Fsp3) is 0.231. The lowest BCUT2D eigenvalue weighted by Crippen LogP contribution is -2.29. The number of benzene rings is 1. The van der Waals surface area contributed by atoms with E-state index in [1.807, 2.05) is 6.07 Å². The molecule has 6 nitrogen and oxygen atoms in total. The van der Waals surface area contributed by atoms with E-state index in [0.717, 1.165) is 5.56 Å². The SMILES string of the molecule is C=C(NC)C(=O)NCc1ccc2c(c1)NC(=O)CO2. The Kier molecular flexibility index (Phi) is 3.70. The molecule has 0 bridgehead atoms. The van der Waals surface area contributed by atoms with Crippen LogP contribution in [0.25, 0.3) is 0 Å². The number of rotatable bonds is 4. The maximum Gasteiger partial charge on any atom is 0.266 e. The van der Waals surface area contributed by atoms with Gasteiger partial charge >= 0.3 is 0 Å². The van der Waals surface area contributed by atoms with Crippen LogP contribution in [0.1, 0.15) is 5.56 Å². The van der Waals surface area contributed by atoms with Crippen LogP contribution in [-0.4, -0.2) is 25.5 Å². The third kappa shape index (κ3) is 3.04. The van der Waals surface area contributed by atoms with Crippen molar-refractivity contribution in [1.82, 2.24) is 10.6 Å². The summed E-state index contributed by atoms with van der Waals surface area (Å²) in [6.07, 6.45) is 0.